The van der Waals surface area contributed by atoms with Crippen LogP contribution in [0.3, 0.4) is 0 Å². The van der Waals surface area contributed by atoms with Gasteiger partial charge in [-0.2, -0.15) is 4.31 Å². The highest BCUT2D eigenvalue weighted by Crippen LogP contribution is 2.29. The first-order chi connectivity index (χ1) is 9.91. The molecule has 2 aromatic rings. The second-order valence-electron chi connectivity index (χ2n) is 5.39. The van der Waals surface area contributed by atoms with E-state index in [0.29, 0.717) is 18.1 Å². The van der Waals surface area contributed by atoms with Crippen molar-refractivity contribution >= 4 is 37.9 Å². The lowest BCUT2D eigenvalue weighted by Crippen LogP contribution is -2.47. The Labute approximate surface area is 133 Å². The highest BCUT2D eigenvalue weighted by Gasteiger charge is 2.35. The van der Waals surface area contributed by atoms with Crippen molar-refractivity contribution in [3.05, 3.63) is 16.7 Å². The molecular weight excluding hydrogens is 332 g/mol. The van der Waals surface area contributed by atoms with Crippen LogP contribution >= 0.6 is 22.9 Å². The summed E-state index contributed by atoms with van der Waals surface area (Å²) in [6.07, 6.45) is 3.55. The average molecular weight is 349 g/mol. The minimum atomic E-state index is -3.63. The Kier molecular flexibility index (Phi) is 4.00. The molecule has 1 unspecified atom stereocenters. The molecule has 2 aromatic heterocycles. The lowest BCUT2D eigenvalue weighted by molar-refractivity contribution is 0.190. The summed E-state index contributed by atoms with van der Waals surface area (Å²) in [7, 11) is 0.321. The van der Waals surface area contributed by atoms with Crippen molar-refractivity contribution in [2.24, 2.45) is 0 Å². The van der Waals surface area contributed by atoms with Gasteiger partial charge in [0.2, 0.25) is 0 Å². The van der Waals surface area contributed by atoms with Crippen molar-refractivity contribution in [1.29, 1.82) is 0 Å². The van der Waals surface area contributed by atoms with Crippen molar-refractivity contribution in [3.63, 3.8) is 0 Å². The van der Waals surface area contributed by atoms with Crippen molar-refractivity contribution in [2.75, 3.05) is 27.2 Å². The van der Waals surface area contributed by atoms with Gasteiger partial charge in [0.15, 0.2) is 15.1 Å². The summed E-state index contributed by atoms with van der Waals surface area (Å²) in [6.45, 7) is 1.02. The summed E-state index contributed by atoms with van der Waals surface area (Å²) in [6, 6.07) is 0.234. The zero-order valence-corrected chi connectivity index (χ0v) is 14.2. The molecule has 0 aromatic carbocycles. The summed E-state index contributed by atoms with van der Waals surface area (Å²) >= 11 is 7.44. The maximum Gasteiger partial charge on any atom is 0.262 e. The Morgan fingerprint density at radius 1 is 1.48 bits per heavy atom. The Balaban J connectivity index is 2.00. The van der Waals surface area contributed by atoms with Crippen molar-refractivity contribution in [1.82, 2.24) is 18.6 Å². The van der Waals surface area contributed by atoms with Gasteiger partial charge in [0.25, 0.3) is 10.0 Å². The van der Waals surface area contributed by atoms with E-state index >= 15 is 0 Å². The molecule has 3 heterocycles. The van der Waals surface area contributed by atoms with Gasteiger partial charge in [0.05, 0.1) is 0 Å². The van der Waals surface area contributed by atoms with E-state index in [1.807, 2.05) is 14.1 Å². The van der Waals surface area contributed by atoms with Crippen LogP contribution in [0.1, 0.15) is 12.8 Å². The fourth-order valence-corrected chi connectivity index (χ4v) is 5.57. The quantitative estimate of drug-likeness (QED) is 0.848. The summed E-state index contributed by atoms with van der Waals surface area (Å²) in [4.78, 5) is 6.79. The first-order valence-corrected chi connectivity index (χ1v) is 9.38. The molecule has 1 saturated heterocycles. The lowest BCUT2D eigenvalue weighted by Gasteiger charge is -2.35. The van der Waals surface area contributed by atoms with Crippen LogP contribution in [-0.2, 0) is 10.0 Å². The predicted molar refractivity (Wildman–Crippen MR) is 83.5 cm³/mol. The molecule has 0 aliphatic carbocycles. The Morgan fingerprint density at radius 3 is 2.95 bits per heavy atom. The summed E-state index contributed by atoms with van der Waals surface area (Å²) < 4.78 is 28.9. The highest BCUT2D eigenvalue weighted by atomic mass is 35.5. The number of rotatable bonds is 3. The van der Waals surface area contributed by atoms with Crippen LogP contribution in [0.4, 0.5) is 0 Å². The average Bonchev–Trinajstić information content (AvgIpc) is 2.98. The molecule has 116 valence electrons. The molecule has 0 bridgehead atoms. The van der Waals surface area contributed by atoms with Gasteiger partial charge in [-0.15, -0.1) is 11.3 Å². The monoisotopic (exact) mass is 348 g/mol. The maximum atomic E-state index is 12.9. The molecule has 1 fully saturated rings. The van der Waals surface area contributed by atoms with Crippen molar-refractivity contribution in [2.45, 2.75) is 23.9 Å². The third-order valence-corrected chi connectivity index (χ3v) is 6.87. The molecule has 0 saturated carbocycles. The van der Waals surface area contributed by atoms with Gasteiger partial charge in [-0.05, 0) is 26.9 Å². The van der Waals surface area contributed by atoms with Crippen LogP contribution in [0.2, 0.25) is 5.15 Å². The first-order valence-electron chi connectivity index (χ1n) is 6.69. The zero-order chi connectivity index (χ0) is 15.2. The third kappa shape index (κ3) is 2.59. The number of nitrogens with zero attached hydrogens (tertiary/aromatic N) is 4. The molecule has 0 amide bonds. The largest absolute Gasteiger partial charge is 0.305 e. The number of hydrogen-bond acceptors (Lipinski definition) is 5. The van der Waals surface area contributed by atoms with E-state index in [4.69, 9.17) is 11.6 Å². The Hall–Kier alpha value is -0.670. The van der Waals surface area contributed by atoms with Gasteiger partial charge in [0, 0.05) is 30.7 Å². The van der Waals surface area contributed by atoms with Crippen molar-refractivity contribution in [3.8, 4) is 0 Å². The smallest absolute Gasteiger partial charge is 0.262 e. The molecule has 0 N–H and O–H groups in total. The molecule has 0 radical (unpaired) electrons. The predicted octanol–water partition coefficient (Wildman–Crippen LogP) is 1.76. The first kappa shape index (κ1) is 15.2. The fourth-order valence-electron chi connectivity index (χ4n) is 2.65. The summed E-state index contributed by atoms with van der Waals surface area (Å²) in [5, 5.41) is 1.94. The second-order valence-corrected chi connectivity index (χ2v) is 8.47. The standard InChI is InChI=1S/C12H17ClN4O2S2/c1-15(2)9-4-3-5-16(8-9)21(18,19)11-10(13)14-12-17(11)6-7-20-12/h6-7,9H,3-5,8H2,1-2H3. The van der Waals surface area contributed by atoms with Gasteiger partial charge < -0.3 is 4.90 Å². The molecule has 1 atom stereocenters. The fraction of sp³-hybridized carbons (Fsp3) is 0.583. The van der Waals surface area contributed by atoms with Crippen LogP contribution in [0.5, 0.6) is 0 Å². The topological polar surface area (TPSA) is 57.9 Å². The normalized spacial score (nSPS) is 21.4. The minimum Gasteiger partial charge on any atom is -0.305 e. The van der Waals surface area contributed by atoms with Gasteiger partial charge in [-0.1, -0.05) is 11.6 Å². The van der Waals surface area contributed by atoms with E-state index in [2.05, 4.69) is 9.88 Å². The van der Waals surface area contributed by atoms with Crippen LogP contribution in [0.25, 0.3) is 4.96 Å². The Morgan fingerprint density at radius 2 is 2.24 bits per heavy atom. The number of likely N-dealkylation sites (N-methyl/N-ethyl adjacent to an activating group) is 1. The molecule has 1 aliphatic heterocycles. The van der Waals surface area contributed by atoms with E-state index in [9.17, 15) is 8.42 Å². The van der Waals surface area contributed by atoms with E-state index in [1.165, 1.54) is 15.6 Å². The molecule has 0 spiro atoms. The molecule has 21 heavy (non-hydrogen) atoms. The highest BCUT2D eigenvalue weighted by molar-refractivity contribution is 7.89. The van der Waals surface area contributed by atoms with Gasteiger partial charge in [-0.25, -0.2) is 13.4 Å². The Bertz CT molecular complexity index is 752. The zero-order valence-electron chi connectivity index (χ0n) is 11.9. The van der Waals surface area contributed by atoms with E-state index in [-0.39, 0.29) is 16.2 Å². The van der Waals surface area contributed by atoms with Crippen LogP contribution in [0.15, 0.2) is 16.6 Å². The maximum absolute atomic E-state index is 12.9. The molecular formula is C12H17ClN4O2S2. The number of halogens is 1. The van der Waals surface area contributed by atoms with E-state index in [0.717, 1.165) is 12.8 Å². The van der Waals surface area contributed by atoms with Crippen LogP contribution in [0, 0.1) is 0 Å². The van der Waals surface area contributed by atoms with Crippen LogP contribution in [-0.4, -0.2) is 60.2 Å². The lowest BCUT2D eigenvalue weighted by atomic mass is 10.1. The number of hydrogen-bond donors (Lipinski definition) is 0. The van der Waals surface area contributed by atoms with Gasteiger partial charge in [0.1, 0.15) is 0 Å². The molecule has 3 rings (SSSR count). The summed E-state index contributed by atoms with van der Waals surface area (Å²) in [5.74, 6) is 0. The minimum absolute atomic E-state index is 0.0498. The SMILES string of the molecule is CN(C)C1CCCN(S(=O)(=O)c2c(Cl)nc3sccn23)C1. The van der Waals surface area contributed by atoms with Crippen molar-refractivity contribution < 1.29 is 8.42 Å². The number of piperidine rings is 1. The number of imidazole rings is 1. The van der Waals surface area contributed by atoms with E-state index < -0.39 is 10.0 Å². The van der Waals surface area contributed by atoms with E-state index in [1.54, 1.807) is 16.0 Å². The molecule has 9 heteroatoms. The summed E-state index contributed by atoms with van der Waals surface area (Å²) in [5.41, 5.74) is 0. The number of sulfonamides is 1. The van der Waals surface area contributed by atoms with Gasteiger partial charge in [-0.3, -0.25) is 4.40 Å². The number of aromatic nitrogens is 2. The van der Waals surface area contributed by atoms with Gasteiger partial charge >= 0.3 is 0 Å². The second kappa shape index (κ2) is 5.51. The number of thiazole rings is 1. The molecule has 6 nitrogen and oxygen atoms in total. The van der Waals surface area contributed by atoms with Crippen LogP contribution < -0.4 is 0 Å². The third-order valence-electron chi connectivity index (χ3n) is 3.85. The molecule has 1 aliphatic rings. The number of fused-ring (bicyclic) bond motifs is 1.